The number of aryl methyl sites for hydroxylation is 1. The van der Waals surface area contributed by atoms with Crippen LogP contribution in [0.3, 0.4) is 0 Å². The fourth-order valence-corrected chi connectivity index (χ4v) is 5.66. The maximum absolute atomic E-state index is 13.4. The number of likely N-dealkylation sites (N-methyl/N-ethyl adjacent to an activating group) is 1. The van der Waals surface area contributed by atoms with E-state index in [4.69, 9.17) is 0 Å². The van der Waals surface area contributed by atoms with Crippen LogP contribution in [0, 0.1) is 0 Å². The molecule has 41 heavy (non-hydrogen) atoms. The van der Waals surface area contributed by atoms with Gasteiger partial charge in [0.2, 0.25) is 18.2 Å². The summed E-state index contributed by atoms with van der Waals surface area (Å²) in [5.41, 5.74) is 5.98. The summed E-state index contributed by atoms with van der Waals surface area (Å²) in [6.45, 7) is 2.74. The Hall–Kier alpha value is -4.17. The smallest absolute Gasteiger partial charge is 0.246 e. The molecule has 4 N–H and O–H groups in total. The Morgan fingerprint density at radius 1 is 1.00 bits per heavy atom. The largest absolute Gasteiger partial charge is 0.508 e. The van der Waals surface area contributed by atoms with Crippen molar-refractivity contribution in [2.75, 3.05) is 13.6 Å². The van der Waals surface area contributed by atoms with E-state index in [0.29, 0.717) is 13.0 Å². The van der Waals surface area contributed by atoms with Crippen LogP contribution in [0.25, 0.3) is 0 Å². The van der Waals surface area contributed by atoms with Crippen LogP contribution in [0.2, 0.25) is 0 Å². The number of amides is 3. The number of nitrogens with zero attached hydrogens (tertiary/aromatic N) is 1. The summed E-state index contributed by atoms with van der Waals surface area (Å²) in [6.07, 6.45) is 5.36. The molecule has 0 bridgehead atoms. The lowest BCUT2D eigenvalue weighted by molar-refractivity contribution is -0.139. The molecule has 0 aromatic heterocycles. The molecule has 1 heterocycles. The Morgan fingerprint density at radius 3 is 2.39 bits per heavy atom. The first-order chi connectivity index (χ1) is 19.9. The van der Waals surface area contributed by atoms with Gasteiger partial charge in [0.05, 0.1) is 12.6 Å². The summed E-state index contributed by atoms with van der Waals surface area (Å²) in [5, 5.41) is 18.0. The van der Waals surface area contributed by atoms with E-state index in [1.54, 1.807) is 31.3 Å². The number of carbonyl (C=O) groups excluding carboxylic acids is 3. The number of phenols is 1. The fraction of sp³-hybridized carbons (Fsp3) is 0.364. The van der Waals surface area contributed by atoms with Crippen LogP contribution in [0.1, 0.15) is 53.6 Å². The molecule has 1 aliphatic heterocycles. The number of hydrogen-bond acceptors (Lipinski definition) is 5. The van der Waals surface area contributed by atoms with E-state index in [1.165, 1.54) is 23.1 Å². The molecule has 3 atom stereocenters. The number of nitrogens with one attached hydrogen (secondary N) is 3. The van der Waals surface area contributed by atoms with Crippen LogP contribution in [-0.4, -0.2) is 53.9 Å². The van der Waals surface area contributed by atoms with E-state index in [2.05, 4.69) is 46.3 Å². The van der Waals surface area contributed by atoms with E-state index in [1.807, 2.05) is 30.0 Å². The summed E-state index contributed by atoms with van der Waals surface area (Å²) in [4.78, 5) is 37.8. The van der Waals surface area contributed by atoms with Gasteiger partial charge in [-0.3, -0.25) is 14.4 Å². The number of aromatic hydroxyl groups is 1. The van der Waals surface area contributed by atoms with E-state index >= 15 is 0 Å². The third kappa shape index (κ3) is 7.95. The topological polar surface area (TPSA) is 111 Å². The summed E-state index contributed by atoms with van der Waals surface area (Å²) < 4.78 is 0. The summed E-state index contributed by atoms with van der Waals surface area (Å²) in [6, 6.07) is 22.9. The number of rotatable bonds is 8. The summed E-state index contributed by atoms with van der Waals surface area (Å²) in [7, 11) is 1.69. The molecule has 8 nitrogen and oxygen atoms in total. The Kier molecular flexibility index (Phi) is 10.5. The van der Waals surface area contributed by atoms with Gasteiger partial charge in [-0.2, -0.15) is 0 Å². The van der Waals surface area contributed by atoms with Crippen LogP contribution in [0.5, 0.6) is 5.75 Å². The molecule has 0 saturated carbocycles. The van der Waals surface area contributed by atoms with Crippen molar-refractivity contribution in [1.82, 2.24) is 20.9 Å². The van der Waals surface area contributed by atoms with E-state index < -0.39 is 6.04 Å². The first kappa shape index (κ1) is 29.8. The third-order valence-electron chi connectivity index (χ3n) is 7.78. The molecular weight excluding hydrogens is 516 g/mol. The molecule has 0 fully saturated rings. The SMILES string of the molecule is CNCC(=O)NC(Cc1ccc(O)cc1)C(=O)N1Cc2ccccc2C[C@H]1C.O=CNC1CCCc2ccccc21. The van der Waals surface area contributed by atoms with Gasteiger partial charge >= 0.3 is 0 Å². The normalized spacial score (nSPS) is 18.0. The van der Waals surface area contributed by atoms with Crippen molar-refractivity contribution in [2.45, 2.75) is 63.7 Å². The zero-order chi connectivity index (χ0) is 29.2. The molecule has 5 rings (SSSR count). The first-order valence-electron chi connectivity index (χ1n) is 14.3. The van der Waals surface area contributed by atoms with E-state index in [0.717, 1.165) is 36.8 Å². The summed E-state index contributed by atoms with van der Waals surface area (Å²) in [5.74, 6) is -0.128. The molecule has 1 aliphatic carbocycles. The second-order valence-electron chi connectivity index (χ2n) is 10.7. The van der Waals surface area contributed by atoms with E-state index in [-0.39, 0.29) is 36.2 Å². The van der Waals surface area contributed by atoms with Gasteiger partial charge in [-0.1, -0.05) is 60.7 Å². The molecule has 0 saturated heterocycles. The van der Waals surface area contributed by atoms with Gasteiger partial charge < -0.3 is 26.0 Å². The Morgan fingerprint density at radius 2 is 1.68 bits per heavy atom. The molecule has 2 aliphatic rings. The Labute approximate surface area is 242 Å². The zero-order valence-electron chi connectivity index (χ0n) is 23.8. The number of hydrogen-bond donors (Lipinski definition) is 4. The highest BCUT2D eigenvalue weighted by atomic mass is 16.3. The van der Waals surface area contributed by atoms with Crippen molar-refractivity contribution in [3.8, 4) is 5.75 Å². The van der Waals surface area contributed by atoms with Crippen LogP contribution < -0.4 is 16.0 Å². The van der Waals surface area contributed by atoms with Crippen molar-refractivity contribution in [3.05, 3.63) is 101 Å². The number of fused-ring (bicyclic) bond motifs is 2. The fourth-order valence-electron chi connectivity index (χ4n) is 5.66. The van der Waals surface area contributed by atoms with Gasteiger partial charge in [-0.05, 0) is 79.6 Å². The molecule has 3 aromatic carbocycles. The van der Waals surface area contributed by atoms with E-state index in [9.17, 15) is 19.5 Å². The molecule has 0 radical (unpaired) electrons. The van der Waals surface area contributed by atoms with Crippen LogP contribution in [0.4, 0.5) is 0 Å². The Bertz CT molecular complexity index is 1330. The van der Waals surface area contributed by atoms with Crippen LogP contribution in [0.15, 0.2) is 72.8 Å². The average Bonchev–Trinajstić information content (AvgIpc) is 2.98. The predicted octanol–water partition coefficient (Wildman–Crippen LogP) is 3.42. The van der Waals surface area contributed by atoms with Gasteiger partial charge in [-0.25, -0.2) is 0 Å². The molecule has 0 spiro atoms. The average molecular weight is 557 g/mol. The lowest BCUT2D eigenvalue weighted by atomic mass is 9.88. The van der Waals surface area contributed by atoms with Crippen molar-refractivity contribution in [3.63, 3.8) is 0 Å². The van der Waals surface area contributed by atoms with Gasteiger partial charge in [0.1, 0.15) is 11.8 Å². The maximum Gasteiger partial charge on any atom is 0.246 e. The predicted molar refractivity (Wildman–Crippen MR) is 159 cm³/mol. The zero-order valence-corrected chi connectivity index (χ0v) is 23.8. The lowest BCUT2D eigenvalue weighted by Gasteiger charge is -2.37. The molecule has 8 heteroatoms. The van der Waals surface area contributed by atoms with Crippen LogP contribution >= 0.6 is 0 Å². The highest BCUT2D eigenvalue weighted by molar-refractivity contribution is 5.89. The van der Waals surface area contributed by atoms with Crippen LogP contribution in [-0.2, 0) is 40.2 Å². The summed E-state index contributed by atoms with van der Waals surface area (Å²) >= 11 is 0. The van der Waals surface area contributed by atoms with Crippen molar-refractivity contribution in [1.29, 1.82) is 0 Å². The molecular formula is C33H40N4O4. The first-order valence-corrected chi connectivity index (χ1v) is 14.3. The molecule has 3 aromatic rings. The van der Waals surface area contributed by atoms with Gasteiger partial charge in [0, 0.05) is 19.0 Å². The minimum Gasteiger partial charge on any atom is -0.508 e. The minimum absolute atomic E-state index is 0.0610. The minimum atomic E-state index is -0.655. The van der Waals surface area contributed by atoms with Crippen molar-refractivity contribution in [2.24, 2.45) is 0 Å². The highest BCUT2D eigenvalue weighted by Gasteiger charge is 2.32. The lowest BCUT2D eigenvalue weighted by Crippen LogP contribution is -2.54. The molecule has 216 valence electrons. The van der Waals surface area contributed by atoms with Gasteiger partial charge in [-0.15, -0.1) is 0 Å². The highest BCUT2D eigenvalue weighted by Crippen LogP contribution is 2.29. The van der Waals surface area contributed by atoms with Gasteiger partial charge in [0.25, 0.3) is 0 Å². The second kappa shape index (κ2) is 14.5. The van der Waals surface area contributed by atoms with Gasteiger partial charge in [0.15, 0.2) is 0 Å². The quantitative estimate of drug-likeness (QED) is 0.318. The molecule has 3 amide bonds. The maximum atomic E-state index is 13.4. The Balaban J connectivity index is 0.000000247. The number of phenolic OH excluding ortho intramolecular Hbond substituents is 1. The van der Waals surface area contributed by atoms with Crippen molar-refractivity contribution >= 4 is 18.2 Å². The third-order valence-corrected chi connectivity index (χ3v) is 7.78. The number of carbonyl (C=O) groups is 3. The monoisotopic (exact) mass is 556 g/mol. The molecule has 2 unspecified atom stereocenters. The standard InChI is InChI=1S/C22H27N3O3.C11H13NO/c1-15-11-17-5-3-4-6-18(17)14-25(15)22(28)20(24-21(27)13-23-2)12-16-7-9-19(26)10-8-16;13-8-12-11-7-3-5-9-4-1-2-6-10(9)11/h3-10,15,20,23,26H,11-14H2,1-2H3,(H,24,27);1-2,4,6,8,11H,3,5,7H2,(H,12,13)/t15-,20?;/m1./s1. The number of benzene rings is 3. The van der Waals surface area contributed by atoms with Crippen molar-refractivity contribution < 1.29 is 19.5 Å². The second-order valence-corrected chi connectivity index (χ2v) is 10.7.